The van der Waals surface area contributed by atoms with Crippen LogP contribution in [0.2, 0.25) is 0 Å². The Morgan fingerprint density at radius 2 is 1.77 bits per heavy atom. The van der Waals surface area contributed by atoms with E-state index < -0.39 is 0 Å². The Labute approximate surface area is 77.6 Å². The Morgan fingerprint density at radius 3 is 2.46 bits per heavy atom. The maximum atomic E-state index is 3.98. The largest absolute Gasteiger partial charge is 0.367 e. The van der Waals surface area contributed by atoms with E-state index in [4.69, 9.17) is 0 Å². The minimum Gasteiger partial charge on any atom is -0.367 e. The van der Waals surface area contributed by atoms with E-state index in [1.807, 2.05) is 24.8 Å². The number of aromatic amines is 1. The Morgan fingerprint density at radius 1 is 1.00 bits per heavy atom. The lowest BCUT2D eigenvalue weighted by Gasteiger charge is -1.97. The molecule has 2 heterocycles. The summed E-state index contributed by atoms with van der Waals surface area (Å²) in [5, 5.41) is 0. The first-order valence-corrected chi connectivity index (χ1v) is 4.46. The summed E-state index contributed by atoms with van der Waals surface area (Å²) in [6.45, 7) is 0. The molecular weight excluding hydrogens is 160 g/mol. The van der Waals surface area contributed by atoms with Crippen LogP contribution in [0.15, 0.2) is 43.0 Å². The fourth-order valence-corrected chi connectivity index (χ4v) is 1.35. The predicted molar refractivity (Wildman–Crippen MR) is 52.4 cm³/mol. The van der Waals surface area contributed by atoms with Gasteiger partial charge in [-0.25, -0.2) is 0 Å². The topological polar surface area (TPSA) is 28.7 Å². The zero-order valence-electron chi connectivity index (χ0n) is 7.40. The first kappa shape index (κ1) is 8.05. The van der Waals surface area contributed by atoms with Gasteiger partial charge in [0.1, 0.15) is 0 Å². The Kier molecular flexibility index (Phi) is 2.41. The van der Waals surface area contributed by atoms with Crippen LogP contribution in [-0.4, -0.2) is 9.97 Å². The summed E-state index contributed by atoms with van der Waals surface area (Å²) in [6, 6.07) is 6.24. The number of pyridine rings is 1. The molecule has 2 aromatic heterocycles. The third kappa shape index (κ3) is 2.18. The minimum atomic E-state index is 1.08. The zero-order valence-corrected chi connectivity index (χ0v) is 7.40. The Bertz CT molecular complexity index is 338. The summed E-state index contributed by atoms with van der Waals surface area (Å²) in [5.74, 6) is 0. The van der Waals surface area contributed by atoms with Gasteiger partial charge in [-0.1, -0.05) is 0 Å². The molecule has 2 rings (SSSR count). The highest BCUT2D eigenvalue weighted by Crippen LogP contribution is 2.04. The molecule has 0 aliphatic carbocycles. The van der Waals surface area contributed by atoms with Crippen molar-refractivity contribution in [1.82, 2.24) is 9.97 Å². The number of aryl methyl sites for hydroxylation is 2. The van der Waals surface area contributed by atoms with Crippen molar-refractivity contribution in [2.75, 3.05) is 0 Å². The van der Waals surface area contributed by atoms with Crippen LogP contribution in [0.5, 0.6) is 0 Å². The average Bonchev–Trinajstić information content (AvgIpc) is 2.69. The maximum absolute atomic E-state index is 3.98. The molecular formula is C11H12N2. The van der Waals surface area contributed by atoms with Crippen LogP contribution < -0.4 is 0 Å². The van der Waals surface area contributed by atoms with Gasteiger partial charge in [0.2, 0.25) is 0 Å². The second-order valence-electron chi connectivity index (χ2n) is 3.07. The van der Waals surface area contributed by atoms with Gasteiger partial charge in [0.05, 0.1) is 0 Å². The summed E-state index contributed by atoms with van der Waals surface area (Å²) in [5.41, 5.74) is 2.70. The molecule has 2 aromatic rings. The number of hydrogen-bond acceptors (Lipinski definition) is 1. The summed E-state index contributed by atoms with van der Waals surface area (Å²) < 4.78 is 0. The third-order valence-corrected chi connectivity index (χ3v) is 2.11. The molecule has 2 nitrogen and oxygen atoms in total. The van der Waals surface area contributed by atoms with Gasteiger partial charge in [0.15, 0.2) is 0 Å². The molecule has 2 heteroatoms. The van der Waals surface area contributed by atoms with E-state index in [1.165, 1.54) is 11.1 Å². The number of hydrogen-bond donors (Lipinski definition) is 1. The molecule has 0 unspecified atom stereocenters. The lowest BCUT2D eigenvalue weighted by molar-refractivity contribution is 0.957. The van der Waals surface area contributed by atoms with E-state index in [1.54, 1.807) is 0 Å². The lowest BCUT2D eigenvalue weighted by atomic mass is 10.1. The van der Waals surface area contributed by atoms with Gasteiger partial charge in [0.25, 0.3) is 0 Å². The van der Waals surface area contributed by atoms with Crippen LogP contribution in [0, 0.1) is 0 Å². The van der Waals surface area contributed by atoms with Crippen LogP contribution in [0.1, 0.15) is 11.1 Å². The third-order valence-electron chi connectivity index (χ3n) is 2.11. The van der Waals surface area contributed by atoms with Crippen LogP contribution in [-0.2, 0) is 12.8 Å². The van der Waals surface area contributed by atoms with Crippen LogP contribution in [0.3, 0.4) is 0 Å². The Hall–Kier alpha value is -1.57. The predicted octanol–water partition coefficient (Wildman–Crippen LogP) is 2.19. The first-order chi connectivity index (χ1) is 6.45. The molecule has 0 bridgehead atoms. The fourth-order valence-electron chi connectivity index (χ4n) is 1.35. The minimum absolute atomic E-state index is 1.08. The van der Waals surface area contributed by atoms with Crippen molar-refractivity contribution in [3.05, 3.63) is 54.1 Å². The van der Waals surface area contributed by atoms with Crippen molar-refractivity contribution in [1.29, 1.82) is 0 Å². The molecule has 0 aliphatic rings. The van der Waals surface area contributed by atoms with Crippen LogP contribution in [0.25, 0.3) is 0 Å². The van der Waals surface area contributed by atoms with Crippen molar-refractivity contribution in [2.24, 2.45) is 0 Å². The monoisotopic (exact) mass is 172 g/mol. The maximum Gasteiger partial charge on any atom is 0.0270 e. The van der Waals surface area contributed by atoms with Gasteiger partial charge in [-0.15, -0.1) is 0 Å². The molecule has 0 radical (unpaired) electrons. The SMILES string of the molecule is c1cc(CCc2cc[nH]c2)ccn1. The molecule has 0 spiro atoms. The van der Waals surface area contributed by atoms with Crippen molar-refractivity contribution < 1.29 is 0 Å². The van der Waals surface area contributed by atoms with Crippen molar-refractivity contribution in [3.63, 3.8) is 0 Å². The van der Waals surface area contributed by atoms with E-state index >= 15 is 0 Å². The van der Waals surface area contributed by atoms with Crippen molar-refractivity contribution in [3.8, 4) is 0 Å². The summed E-state index contributed by atoms with van der Waals surface area (Å²) in [6.07, 6.45) is 9.86. The number of rotatable bonds is 3. The highest BCUT2D eigenvalue weighted by atomic mass is 14.6. The number of nitrogens with zero attached hydrogens (tertiary/aromatic N) is 1. The standard InChI is InChI=1S/C11H12N2/c1(2-11-5-8-13-9-11)10-3-6-12-7-4-10/h3-9,13H,1-2H2. The average molecular weight is 172 g/mol. The number of H-pyrrole nitrogens is 1. The van der Waals surface area contributed by atoms with Gasteiger partial charge >= 0.3 is 0 Å². The normalized spacial score (nSPS) is 10.2. The van der Waals surface area contributed by atoms with Gasteiger partial charge in [-0.3, -0.25) is 4.98 Å². The van der Waals surface area contributed by atoms with Crippen molar-refractivity contribution >= 4 is 0 Å². The van der Waals surface area contributed by atoms with Crippen LogP contribution in [0.4, 0.5) is 0 Å². The molecule has 0 saturated carbocycles. The molecule has 0 atom stereocenters. The zero-order chi connectivity index (χ0) is 8.93. The highest BCUT2D eigenvalue weighted by molar-refractivity contribution is 5.15. The number of nitrogens with one attached hydrogen (secondary N) is 1. The number of aromatic nitrogens is 2. The molecule has 66 valence electrons. The molecule has 13 heavy (non-hydrogen) atoms. The van der Waals surface area contributed by atoms with Crippen LogP contribution >= 0.6 is 0 Å². The van der Waals surface area contributed by atoms with E-state index in [0.717, 1.165) is 12.8 Å². The first-order valence-electron chi connectivity index (χ1n) is 4.46. The fraction of sp³-hybridized carbons (Fsp3) is 0.182. The van der Waals surface area contributed by atoms with Gasteiger partial charge in [-0.2, -0.15) is 0 Å². The van der Waals surface area contributed by atoms with Crippen molar-refractivity contribution in [2.45, 2.75) is 12.8 Å². The Balaban J connectivity index is 1.94. The van der Waals surface area contributed by atoms with Gasteiger partial charge in [0, 0.05) is 24.8 Å². The van der Waals surface area contributed by atoms with E-state index in [0.29, 0.717) is 0 Å². The highest BCUT2D eigenvalue weighted by Gasteiger charge is 1.94. The van der Waals surface area contributed by atoms with Gasteiger partial charge < -0.3 is 4.98 Å². The van der Waals surface area contributed by atoms with E-state index in [9.17, 15) is 0 Å². The van der Waals surface area contributed by atoms with E-state index in [-0.39, 0.29) is 0 Å². The molecule has 0 fully saturated rings. The van der Waals surface area contributed by atoms with Gasteiger partial charge in [-0.05, 0) is 42.2 Å². The molecule has 0 aromatic carbocycles. The molecule has 1 N–H and O–H groups in total. The van der Waals surface area contributed by atoms with E-state index in [2.05, 4.69) is 28.2 Å². The second-order valence-corrected chi connectivity index (χ2v) is 3.07. The summed E-state index contributed by atoms with van der Waals surface area (Å²) >= 11 is 0. The second kappa shape index (κ2) is 3.90. The molecule has 0 saturated heterocycles. The lowest BCUT2D eigenvalue weighted by Crippen LogP contribution is -1.89. The molecule has 0 amide bonds. The quantitative estimate of drug-likeness (QED) is 0.755. The molecule has 0 aliphatic heterocycles. The summed E-state index contributed by atoms with van der Waals surface area (Å²) in [7, 11) is 0. The smallest absolute Gasteiger partial charge is 0.0270 e. The summed E-state index contributed by atoms with van der Waals surface area (Å²) in [4.78, 5) is 7.04.